The van der Waals surface area contributed by atoms with Gasteiger partial charge in [0.1, 0.15) is 0 Å². The predicted molar refractivity (Wildman–Crippen MR) is 87.7 cm³/mol. The number of carbonyl (C=O) groups excluding carboxylic acids is 2. The summed E-state index contributed by atoms with van der Waals surface area (Å²) in [6.45, 7) is 3.02. The van der Waals surface area contributed by atoms with Crippen molar-refractivity contribution in [2.45, 2.75) is 19.6 Å². The van der Waals surface area contributed by atoms with Gasteiger partial charge >= 0.3 is 11.9 Å². The Labute approximate surface area is 137 Å². The van der Waals surface area contributed by atoms with Crippen LogP contribution in [0, 0.1) is 0 Å². The average Bonchev–Trinajstić information content (AvgIpc) is 3.00. The molecule has 1 aromatic carbocycles. The van der Waals surface area contributed by atoms with Crippen molar-refractivity contribution in [3.63, 3.8) is 0 Å². The van der Waals surface area contributed by atoms with Gasteiger partial charge in [0.15, 0.2) is 5.57 Å². The fraction of sp³-hybridized carbons (Fsp3) is 0.176. The predicted octanol–water partition coefficient (Wildman–Crippen LogP) is 3.55. The van der Waals surface area contributed by atoms with Crippen LogP contribution in [-0.4, -0.2) is 17.7 Å². The Bertz CT molecular complexity index is 738. The van der Waals surface area contributed by atoms with E-state index in [1.165, 1.54) is 24.9 Å². The molecule has 6 heteroatoms. The van der Waals surface area contributed by atoms with E-state index < -0.39 is 17.7 Å². The Morgan fingerprint density at radius 2 is 1.70 bits per heavy atom. The minimum atomic E-state index is -1.23. The normalized spacial score (nSPS) is 16.5. The van der Waals surface area contributed by atoms with Gasteiger partial charge in [0.2, 0.25) is 0 Å². The molecule has 1 aromatic heterocycles. The van der Waals surface area contributed by atoms with Crippen LogP contribution >= 0.6 is 11.3 Å². The van der Waals surface area contributed by atoms with Gasteiger partial charge in [-0.25, -0.2) is 9.59 Å². The number of cyclic esters (lactones) is 2. The lowest BCUT2D eigenvalue weighted by molar-refractivity contribution is -0.222. The molecular weight excluding hydrogens is 314 g/mol. The van der Waals surface area contributed by atoms with E-state index in [4.69, 9.17) is 9.47 Å². The van der Waals surface area contributed by atoms with Crippen LogP contribution in [0.4, 0.5) is 5.69 Å². The number of esters is 2. The number of rotatable bonds is 3. The van der Waals surface area contributed by atoms with Crippen molar-refractivity contribution >= 4 is 29.0 Å². The topological polar surface area (TPSA) is 64.6 Å². The zero-order valence-corrected chi connectivity index (χ0v) is 13.5. The summed E-state index contributed by atoms with van der Waals surface area (Å²) in [5.41, 5.74) is 1.70. The van der Waals surface area contributed by atoms with Gasteiger partial charge in [-0.15, -0.1) is 11.3 Å². The van der Waals surface area contributed by atoms with E-state index in [0.29, 0.717) is 0 Å². The lowest BCUT2D eigenvalue weighted by Crippen LogP contribution is -2.42. The Hall–Kier alpha value is -2.60. The summed E-state index contributed by atoms with van der Waals surface area (Å²) in [4.78, 5) is 24.8. The van der Waals surface area contributed by atoms with Crippen molar-refractivity contribution in [2.75, 3.05) is 5.32 Å². The lowest BCUT2D eigenvalue weighted by Gasteiger charge is -2.29. The van der Waals surface area contributed by atoms with Crippen LogP contribution in [0.25, 0.3) is 10.4 Å². The van der Waals surface area contributed by atoms with Crippen LogP contribution in [0.3, 0.4) is 0 Å². The molecule has 23 heavy (non-hydrogen) atoms. The van der Waals surface area contributed by atoms with Crippen LogP contribution in [0.1, 0.15) is 13.8 Å². The summed E-state index contributed by atoms with van der Waals surface area (Å²) in [5.74, 6) is -2.63. The van der Waals surface area contributed by atoms with E-state index in [2.05, 4.69) is 5.32 Å². The van der Waals surface area contributed by atoms with E-state index in [0.717, 1.165) is 11.3 Å². The first kappa shape index (κ1) is 15.3. The number of ether oxygens (including phenoxy) is 2. The van der Waals surface area contributed by atoms with Crippen LogP contribution in [0.5, 0.6) is 0 Å². The van der Waals surface area contributed by atoms with E-state index in [1.54, 1.807) is 11.3 Å². The molecule has 1 fully saturated rings. The van der Waals surface area contributed by atoms with Crippen molar-refractivity contribution in [2.24, 2.45) is 0 Å². The van der Waals surface area contributed by atoms with Crippen molar-refractivity contribution in [3.05, 3.63) is 53.6 Å². The van der Waals surface area contributed by atoms with Gasteiger partial charge in [-0.05, 0) is 29.1 Å². The summed E-state index contributed by atoms with van der Waals surface area (Å²) in [7, 11) is 0. The minimum Gasteiger partial charge on any atom is -0.419 e. The van der Waals surface area contributed by atoms with Crippen LogP contribution < -0.4 is 5.32 Å². The molecule has 2 heterocycles. The molecule has 0 spiro atoms. The first-order valence-corrected chi connectivity index (χ1v) is 7.90. The maximum absolute atomic E-state index is 11.8. The molecule has 2 aromatic rings. The fourth-order valence-corrected chi connectivity index (χ4v) is 2.84. The largest absolute Gasteiger partial charge is 0.419 e. The third-order valence-electron chi connectivity index (χ3n) is 3.19. The standard InChI is InChI=1S/C17H15NO4S/c1-17(2)21-15(19)13(16(20)22-17)10-18-12-7-5-11(6-8-12)14-4-3-9-23-14/h3-10,18H,1-2H3. The summed E-state index contributed by atoms with van der Waals surface area (Å²) in [6, 6.07) is 11.7. The van der Waals surface area contributed by atoms with Gasteiger partial charge in [0.05, 0.1) is 0 Å². The molecule has 118 valence electrons. The van der Waals surface area contributed by atoms with Crippen LogP contribution in [0.2, 0.25) is 0 Å². The molecule has 1 aliphatic rings. The van der Waals surface area contributed by atoms with Gasteiger partial charge in [-0.2, -0.15) is 0 Å². The fourth-order valence-electron chi connectivity index (χ4n) is 2.11. The van der Waals surface area contributed by atoms with E-state index in [-0.39, 0.29) is 5.57 Å². The van der Waals surface area contributed by atoms with E-state index >= 15 is 0 Å². The quantitative estimate of drug-likeness (QED) is 0.530. The maximum Gasteiger partial charge on any atom is 0.350 e. The Balaban J connectivity index is 1.72. The summed E-state index contributed by atoms with van der Waals surface area (Å²) in [6.07, 6.45) is 1.31. The zero-order valence-electron chi connectivity index (χ0n) is 12.7. The highest BCUT2D eigenvalue weighted by atomic mass is 32.1. The number of benzene rings is 1. The SMILES string of the molecule is CC1(C)OC(=O)C(=CNc2ccc(-c3cccs3)cc2)C(=O)O1. The third kappa shape index (κ3) is 3.43. The van der Waals surface area contributed by atoms with Crippen molar-refractivity contribution < 1.29 is 19.1 Å². The number of carbonyl (C=O) groups is 2. The van der Waals surface area contributed by atoms with Gasteiger partial charge < -0.3 is 14.8 Å². The molecule has 1 aliphatic heterocycles. The van der Waals surface area contributed by atoms with Crippen LogP contribution in [0.15, 0.2) is 53.6 Å². The number of anilines is 1. The lowest BCUT2D eigenvalue weighted by atomic mass is 10.1. The number of hydrogen-bond donors (Lipinski definition) is 1. The van der Waals surface area contributed by atoms with Crippen molar-refractivity contribution in [3.8, 4) is 10.4 Å². The third-order valence-corrected chi connectivity index (χ3v) is 4.11. The number of thiophene rings is 1. The average molecular weight is 329 g/mol. The molecule has 3 rings (SSSR count). The number of nitrogens with one attached hydrogen (secondary N) is 1. The zero-order chi connectivity index (χ0) is 16.4. The maximum atomic E-state index is 11.8. The molecule has 1 N–H and O–H groups in total. The highest BCUT2D eigenvalue weighted by Crippen LogP contribution is 2.26. The Morgan fingerprint density at radius 3 is 2.26 bits per heavy atom. The monoisotopic (exact) mass is 329 g/mol. The first-order valence-electron chi connectivity index (χ1n) is 7.02. The molecule has 0 aliphatic carbocycles. The smallest absolute Gasteiger partial charge is 0.350 e. The van der Waals surface area contributed by atoms with Crippen LogP contribution in [-0.2, 0) is 19.1 Å². The summed E-state index contributed by atoms with van der Waals surface area (Å²) in [5, 5.41) is 4.94. The first-order chi connectivity index (χ1) is 10.9. The van der Waals surface area contributed by atoms with Gasteiger partial charge in [0.25, 0.3) is 5.79 Å². The van der Waals surface area contributed by atoms with Gasteiger partial charge in [0, 0.05) is 30.6 Å². The van der Waals surface area contributed by atoms with Gasteiger partial charge in [-0.3, -0.25) is 0 Å². The highest BCUT2D eigenvalue weighted by molar-refractivity contribution is 7.13. The second kappa shape index (κ2) is 5.89. The molecule has 5 nitrogen and oxygen atoms in total. The summed E-state index contributed by atoms with van der Waals surface area (Å²) < 4.78 is 10.0. The minimum absolute atomic E-state index is 0.161. The molecule has 0 saturated carbocycles. The molecular formula is C17H15NO4S. The molecule has 0 atom stereocenters. The Kier molecular flexibility index (Phi) is 3.92. The Morgan fingerprint density at radius 1 is 1.04 bits per heavy atom. The molecule has 0 bridgehead atoms. The van der Waals surface area contributed by atoms with Crippen molar-refractivity contribution in [1.29, 1.82) is 0 Å². The molecule has 1 saturated heterocycles. The summed E-state index contributed by atoms with van der Waals surface area (Å²) >= 11 is 1.66. The highest BCUT2D eigenvalue weighted by Gasteiger charge is 2.38. The number of hydrogen-bond acceptors (Lipinski definition) is 6. The second-order valence-corrected chi connectivity index (χ2v) is 6.38. The molecule has 0 unspecified atom stereocenters. The van der Waals surface area contributed by atoms with Gasteiger partial charge in [-0.1, -0.05) is 18.2 Å². The van der Waals surface area contributed by atoms with Crippen molar-refractivity contribution in [1.82, 2.24) is 0 Å². The van der Waals surface area contributed by atoms with E-state index in [9.17, 15) is 9.59 Å². The molecule has 0 amide bonds. The molecule has 0 radical (unpaired) electrons. The van der Waals surface area contributed by atoms with E-state index in [1.807, 2.05) is 41.8 Å². The second-order valence-electron chi connectivity index (χ2n) is 5.44.